The number of oxazole rings is 1. The van der Waals surface area contributed by atoms with Gasteiger partial charge in [0.05, 0.1) is 12.1 Å². The zero-order valence-electron chi connectivity index (χ0n) is 17.8. The third-order valence-electron chi connectivity index (χ3n) is 5.55. The first-order valence-corrected chi connectivity index (χ1v) is 10.7. The van der Waals surface area contributed by atoms with E-state index in [0.717, 1.165) is 43.5 Å². The van der Waals surface area contributed by atoms with Crippen LogP contribution in [0, 0.1) is 6.92 Å². The number of carbonyl (C=O) groups excluding carboxylic acids is 2. The second-order valence-electron chi connectivity index (χ2n) is 7.94. The van der Waals surface area contributed by atoms with Gasteiger partial charge in [0.1, 0.15) is 12.8 Å². The van der Waals surface area contributed by atoms with Crippen molar-refractivity contribution < 1.29 is 14.0 Å². The van der Waals surface area contributed by atoms with Crippen molar-refractivity contribution >= 4 is 17.5 Å². The molecule has 0 bridgehead atoms. The first kappa shape index (κ1) is 20.8. The quantitative estimate of drug-likeness (QED) is 0.602. The molecule has 1 aliphatic heterocycles. The fourth-order valence-corrected chi connectivity index (χ4v) is 3.78. The largest absolute Gasteiger partial charge is 0.444 e. The highest BCUT2D eigenvalue weighted by molar-refractivity contribution is 5.99. The number of hydrogen-bond donors (Lipinski definition) is 0. The van der Waals surface area contributed by atoms with Crippen LogP contribution >= 0.6 is 0 Å². The summed E-state index contributed by atoms with van der Waals surface area (Å²) in [5.41, 5.74) is 3.22. The molecule has 0 spiro atoms. The van der Waals surface area contributed by atoms with E-state index < -0.39 is 0 Å². The number of aromatic nitrogens is 1. The van der Waals surface area contributed by atoms with Gasteiger partial charge in [-0.2, -0.15) is 0 Å². The first-order chi connectivity index (χ1) is 15.1. The van der Waals surface area contributed by atoms with Crippen LogP contribution in [0.2, 0.25) is 0 Å². The van der Waals surface area contributed by atoms with Crippen LogP contribution in [-0.2, 0) is 16.0 Å². The van der Waals surface area contributed by atoms with Crippen molar-refractivity contribution in [2.75, 3.05) is 24.5 Å². The van der Waals surface area contributed by atoms with Gasteiger partial charge in [-0.3, -0.25) is 9.59 Å². The molecule has 0 unspecified atom stereocenters. The molecule has 1 saturated heterocycles. The first-order valence-electron chi connectivity index (χ1n) is 10.7. The molecule has 2 aromatic carbocycles. The highest BCUT2D eigenvalue weighted by Crippen LogP contribution is 2.21. The lowest BCUT2D eigenvalue weighted by molar-refractivity contribution is -0.132. The van der Waals surface area contributed by atoms with Crippen molar-refractivity contribution in [3.8, 4) is 11.5 Å². The van der Waals surface area contributed by atoms with E-state index in [1.165, 1.54) is 6.26 Å². The summed E-state index contributed by atoms with van der Waals surface area (Å²) in [5, 5.41) is 0. The summed E-state index contributed by atoms with van der Waals surface area (Å²) in [5.74, 6) is 0.288. The van der Waals surface area contributed by atoms with Crippen LogP contribution in [0.5, 0.6) is 0 Å². The Kier molecular flexibility index (Phi) is 6.46. The predicted molar refractivity (Wildman–Crippen MR) is 120 cm³/mol. The number of likely N-dealkylation sites (tertiary alicyclic amines) is 1. The van der Waals surface area contributed by atoms with Crippen molar-refractivity contribution in [3.05, 3.63) is 72.1 Å². The molecule has 0 saturated carbocycles. The van der Waals surface area contributed by atoms with Crippen molar-refractivity contribution in [1.29, 1.82) is 0 Å². The van der Waals surface area contributed by atoms with Gasteiger partial charge in [0.15, 0.2) is 0 Å². The van der Waals surface area contributed by atoms with Crippen molar-refractivity contribution in [2.45, 2.75) is 32.6 Å². The zero-order chi connectivity index (χ0) is 21.6. The Hall–Kier alpha value is -3.41. The van der Waals surface area contributed by atoms with Crippen LogP contribution in [0.25, 0.3) is 11.5 Å². The average Bonchev–Trinajstić information content (AvgIpc) is 3.27. The Morgan fingerprint density at radius 1 is 1.00 bits per heavy atom. The van der Waals surface area contributed by atoms with Gasteiger partial charge in [0.2, 0.25) is 17.7 Å². The molecule has 31 heavy (non-hydrogen) atoms. The number of anilines is 1. The normalized spacial score (nSPS) is 13.8. The Morgan fingerprint density at radius 3 is 2.42 bits per heavy atom. The van der Waals surface area contributed by atoms with Gasteiger partial charge in [0, 0.05) is 24.3 Å². The van der Waals surface area contributed by atoms with Gasteiger partial charge in [-0.1, -0.05) is 35.9 Å². The molecule has 0 atom stereocenters. The van der Waals surface area contributed by atoms with E-state index in [1.807, 2.05) is 66.4 Å². The molecule has 0 aliphatic carbocycles. The van der Waals surface area contributed by atoms with Crippen LogP contribution in [0.3, 0.4) is 0 Å². The van der Waals surface area contributed by atoms with Crippen molar-refractivity contribution in [1.82, 2.24) is 9.88 Å². The Bertz CT molecular complexity index is 1020. The van der Waals surface area contributed by atoms with E-state index >= 15 is 0 Å². The SMILES string of the molecule is Cc1ccc(N(CC(=O)N2CCCCC2)C(=O)Cc2coc(-c3ccccc3)n2)cc1. The van der Waals surface area contributed by atoms with Gasteiger partial charge in [0.25, 0.3) is 0 Å². The fraction of sp³-hybridized carbons (Fsp3) is 0.320. The van der Waals surface area contributed by atoms with Gasteiger partial charge >= 0.3 is 0 Å². The molecule has 6 nitrogen and oxygen atoms in total. The number of piperidine rings is 1. The highest BCUT2D eigenvalue weighted by atomic mass is 16.3. The minimum absolute atomic E-state index is 0.0150. The maximum Gasteiger partial charge on any atom is 0.242 e. The lowest BCUT2D eigenvalue weighted by Gasteiger charge is -2.30. The van der Waals surface area contributed by atoms with E-state index in [0.29, 0.717) is 17.3 Å². The topological polar surface area (TPSA) is 66.7 Å². The van der Waals surface area contributed by atoms with Crippen LogP contribution in [0.15, 0.2) is 65.3 Å². The molecule has 2 amide bonds. The summed E-state index contributed by atoms with van der Waals surface area (Å²) in [6, 6.07) is 17.2. The number of aryl methyl sites for hydroxylation is 1. The minimum atomic E-state index is -0.179. The maximum atomic E-state index is 13.2. The number of benzene rings is 2. The lowest BCUT2D eigenvalue weighted by Crippen LogP contribution is -2.45. The van der Waals surface area contributed by atoms with Crippen molar-refractivity contribution in [3.63, 3.8) is 0 Å². The molecule has 1 aliphatic rings. The minimum Gasteiger partial charge on any atom is -0.444 e. The molecular weight excluding hydrogens is 390 g/mol. The summed E-state index contributed by atoms with van der Waals surface area (Å²) < 4.78 is 5.57. The van der Waals surface area contributed by atoms with Gasteiger partial charge < -0.3 is 14.2 Å². The monoisotopic (exact) mass is 417 g/mol. The van der Waals surface area contributed by atoms with E-state index in [9.17, 15) is 9.59 Å². The van der Waals surface area contributed by atoms with Crippen LogP contribution in [0.4, 0.5) is 5.69 Å². The number of hydrogen-bond acceptors (Lipinski definition) is 4. The highest BCUT2D eigenvalue weighted by Gasteiger charge is 2.24. The van der Waals surface area contributed by atoms with Gasteiger partial charge in [-0.15, -0.1) is 0 Å². The van der Waals surface area contributed by atoms with E-state index in [-0.39, 0.29) is 24.8 Å². The fourth-order valence-electron chi connectivity index (χ4n) is 3.78. The summed E-state index contributed by atoms with van der Waals surface area (Å²) in [7, 11) is 0. The molecule has 6 heteroatoms. The van der Waals surface area contributed by atoms with Crippen LogP contribution in [0.1, 0.15) is 30.5 Å². The second-order valence-corrected chi connectivity index (χ2v) is 7.94. The zero-order valence-corrected chi connectivity index (χ0v) is 17.8. The molecule has 3 aromatic rings. The summed E-state index contributed by atoms with van der Waals surface area (Å²) in [4.78, 5) is 34.0. The summed E-state index contributed by atoms with van der Waals surface area (Å²) >= 11 is 0. The van der Waals surface area contributed by atoms with Gasteiger partial charge in [-0.05, 0) is 50.5 Å². The smallest absolute Gasteiger partial charge is 0.242 e. The number of nitrogens with zero attached hydrogens (tertiary/aromatic N) is 3. The Labute approximate surface area is 182 Å². The second kappa shape index (κ2) is 9.60. The number of amides is 2. The third-order valence-corrected chi connectivity index (χ3v) is 5.55. The van der Waals surface area contributed by atoms with E-state index in [2.05, 4.69) is 4.98 Å². The Morgan fingerprint density at radius 2 is 1.71 bits per heavy atom. The molecular formula is C25H27N3O3. The van der Waals surface area contributed by atoms with Crippen molar-refractivity contribution in [2.24, 2.45) is 0 Å². The summed E-state index contributed by atoms with van der Waals surface area (Å²) in [6.45, 7) is 3.55. The third kappa shape index (κ3) is 5.20. The van der Waals surface area contributed by atoms with E-state index in [1.54, 1.807) is 4.90 Å². The maximum absolute atomic E-state index is 13.2. The summed E-state index contributed by atoms with van der Waals surface area (Å²) in [6.07, 6.45) is 4.77. The number of rotatable bonds is 6. The van der Waals surface area contributed by atoms with Gasteiger partial charge in [-0.25, -0.2) is 4.98 Å². The predicted octanol–water partition coefficient (Wildman–Crippen LogP) is 4.24. The van der Waals surface area contributed by atoms with Crippen LogP contribution < -0.4 is 4.90 Å². The standard InChI is InChI=1S/C25H27N3O3/c1-19-10-12-22(13-11-19)28(17-24(30)27-14-6-3-7-15-27)23(29)16-21-18-31-25(26-21)20-8-4-2-5-9-20/h2,4-5,8-13,18H,3,6-7,14-17H2,1H3. The average molecular weight is 418 g/mol. The molecule has 2 heterocycles. The Balaban J connectivity index is 1.51. The van der Waals surface area contributed by atoms with E-state index in [4.69, 9.17) is 4.42 Å². The molecule has 160 valence electrons. The molecule has 1 aromatic heterocycles. The van der Waals surface area contributed by atoms with Crippen LogP contribution in [-0.4, -0.2) is 41.3 Å². The molecule has 4 rings (SSSR count). The molecule has 0 radical (unpaired) electrons. The molecule has 1 fully saturated rings. The lowest BCUT2D eigenvalue weighted by atomic mass is 10.1. The number of carbonyl (C=O) groups is 2. The molecule has 0 N–H and O–H groups in total.